The number of sulfonamides is 1. The molecule has 0 saturated carbocycles. The second-order valence-electron chi connectivity index (χ2n) is 9.71. The summed E-state index contributed by atoms with van der Waals surface area (Å²) in [5.74, 6) is 0.143. The SMILES string of the molecule is CCC(C(=O)NCC(C)C)N(Cc1cccc(OC)c1)C(=O)CN(C)S(=O)(=O)c1ccc2ccccc2c1. The second-order valence-corrected chi connectivity index (χ2v) is 11.8. The van der Waals surface area contributed by atoms with Crippen molar-refractivity contribution in [3.8, 4) is 5.75 Å². The molecular formula is C29H37N3O5S. The molecule has 1 N–H and O–H groups in total. The number of rotatable bonds is 12. The predicted molar refractivity (Wildman–Crippen MR) is 149 cm³/mol. The average molecular weight is 540 g/mol. The van der Waals surface area contributed by atoms with E-state index < -0.39 is 28.5 Å². The van der Waals surface area contributed by atoms with E-state index in [2.05, 4.69) is 5.32 Å². The number of hydrogen-bond donors (Lipinski definition) is 1. The first-order chi connectivity index (χ1) is 18.1. The fraction of sp³-hybridized carbons (Fsp3) is 0.379. The molecule has 3 aromatic rings. The van der Waals surface area contributed by atoms with Gasteiger partial charge in [-0.2, -0.15) is 4.31 Å². The van der Waals surface area contributed by atoms with Gasteiger partial charge in [-0.05, 0) is 52.9 Å². The topological polar surface area (TPSA) is 96.0 Å². The fourth-order valence-corrected chi connectivity index (χ4v) is 5.34. The summed E-state index contributed by atoms with van der Waals surface area (Å²) in [5, 5.41) is 4.63. The van der Waals surface area contributed by atoms with Crippen molar-refractivity contribution in [1.82, 2.24) is 14.5 Å². The highest BCUT2D eigenvalue weighted by Gasteiger charge is 2.32. The van der Waals surface area contributed by atoms with E-state index in [1.807, 2.05) is 57.2 Å². The Morgan fingerprint density at radius 2 is 1.68 bits per heavy atom. The Hall–Kier alpha value is -3.43. The van der Waals surface area contributed by atoms with E-state index in [-0.39, 0.29) is 23.3 Å². The van der Waals surface area contributed by atoms with Gasteiger partial charge in [-0.25, -0.2) is 8.42 Å². The number of amides is 2. The zero-order valence-corrected chi connectivity index (χ0v) is 23.5. The van der Waals surface area contributed by atoms with Crippen molar-refractivity contribution in [2.24, 2.45) is 5.92 Å². The summed E-state index contributed by atoms with van der Waals surface area (Å²) in [7, 11) is -1.01. The van der Waals surface area contributed by atoms with Crippen molar-refractivity contribution < 1.29 is 22.7 Å². The summed E-state index contributed by atoms with van der Waals surface area (Å²) in [6, 6.07) is 18.9. The molecule has 3 aromatic carbocycles. The van der Waals surface area contributed by atoms with E-state index in [9.17, 15) is 18.0 Å². The van der Waals surface area contributed by atoms with Crippen LogP contribution in [-0.2, 0) is 26.2 Å². The molecule has 0 aliphatic rings. The van der Waals surface area contributed by atoms with Crippen molar-refractivity contribution in [2.75, 3.05) is 27.2 Å². The van der Waals surface area contributed by atoms with Gasteiger partial charge in [0.25, 0.3) is 0 Å². The number of benzene rings is 3. The summed E-state index contributed by atoms with van der Waals surface area (Å²) in [4.78, 5) is 28.3. The number of nitrogens with one attached hydrogen (secondary N) is 1. The predicted octanol–water partition coefficient (Wildman–Crippen LogP) is 4.05. The number of nitrogens with zero attached hydrogens (tertiary/aromatic N) is 2. The van der Waals surface area contributed by atoms with Crippen LogP contribution in [0.4, 0.5) is 0 Å². The summed E-state index contributed by atoms with van der Waals surface area (Å²) in [5.41, 5.74) is 0.771. The average Bonchev–Trinajstić information content (AvgIpc) is 2.91. The van der Waals surface area contributed by atoms with Crippen LogP contribution in [0.25, 0.3) is 10.8 Å². The van der Waals surface area contributed by atoms with Crippen LogP contribution in [-0.4, -0.2) is 62.7 Å². The zero-order valence-electron chi connectivity index (χ0n) is 22.7. The molecule has 9 heteroatoms. The van der Waals surface area contributed by atoms with Crippen LogP contribution in [0.1, 0.15) is 32.8 Å². The molecule has 3 rings (SSSR count). The summed E-state index contributed by atoms with van der Waals surface area (Å²) in [6.45, 7) is 6.02. The quantitative estimate of drug-likeness (QED) is 0.375. The maximum atomic E-state index is 13.7. The third-order valence-electron chi connectivity index (χ3n) is 6.34. The zero-order chi connectivity index (χ0) is 27.9. The maximum Gasteiger partial charge on any atom is 0.243 e. The molecule has 0 heterocycles. The van der Waals surface area contributed by atoms with Crippen LogP contribution < -0.4 is 10.1 Å². The molecule has 1 unspecified atom stereocenters. The first-order valence-corrected chi connectivity index (χ1v) is 14.2. The van der Waals surface area contributed by atoms with Gasteiger partial charge in [0.1, 0.15) is 11.8 Å². The van der Waals surface area contributed by atoms with Gasteiger partial charge in [-0.1, -0.05) is 63.2 Å². The Balaban J connectivity index is 1.88. The molecule has 0 saturated heterocycles. The molecular weight excluding hydrogens is 502 g/mol. The van der Waals surface area contributed by atoms with E-state index in [0.29, 0.717) is 18.7 Å². The van der Waals surface area contributed by atoms with Crippen LogP contribution in [0.5, 0.6) is 5.75 Å². The number of fused-ring (bicyclic) bond motifs is 1. The largest absolute Gasteiger partial charge is 0.497 e. The third kappa shape index (κ3) is 7.11. The maximum absolute atomic E-state index is 13.7. The minimum atomic E-state index is -3.95. The molecule has 38 heavy (non-hydrogen) atoms. The van der Waals surface area contributed by atoms with Gasteiger partial charge >= 0.3 is 0 Å². The second kappa shape index (κ2) is 12.9. The van der Waals surface area contributed by atoms with Gasteiger partial charge in [0.2, 0.25) is 21.8 Å². The van der Waals surface area contributed by atoms with Crippen LogP contribution in [0.3, 0.4) is 0 Å². The molecule has 1 atom stereocenters. The van der Waals surface area contributed by atoms with Crippen LogP contribution in [0.2, 0.25) is 0 Å². The molecule has 2 amide bonds. The highest BCUT2D eigenvalue weighted by Crippen LogP contribution is 2.22. The van der Waals surface area contributed by atoms with E-state index >= 15 is 0 Å². The van der Waals surface area contributed by atoms with Crippen molar-refractivity contribution in [3.63, 3.8) is 0 Å². The lowest BCUT2D eigenvalue weighted by molar-refractivity contribution is -0.141. The Morgan fingerprint density at radius 1 is 0.974 bits per heavy atom. The van der Waals surface area contributed by atoms with Crippen molar-refractivity contribution in [3.05, 3.63) is 72.3 Å². The third-order valence-corrected chi connectivity index (χ3v) is 8.14. The molecule has 0 radical (unpaired) electrons. The van der Waals surface area contributed by atoms with Gasteiger partial charge in [-0.15, -0.1) is 0 Å². The molecule has 0 spiro atoms. The Kier molecular flexibility index (Phi) is 9.88. The molecule has 204 valence electrons. The highest BCUT2D eigenvalue weighted by atomic mass is 32.2. The smallest absolute Gasteiger partial charge is 0.243 e. The minimum absolute atomic E-state index is 0.104. The number of methoxy groups -OCH3 is 1. The summed E-state index contributed by atoms with van der Waals surface area (Å²) < 4.78 is 33.1. The summed E-state index contributed by atoms with van der Waals surface area (Å²) >= 11 is 0. The van der Waals surface area contributed by atoms with Crippen LogP contribution >= 0.6 is 0 Å². The number of hydrogen-bond acceptors (Lipinski definition) is 5. The van der Waals surface area contributed by atoms with Crippen molar-refractivity contribution in [2.45, 2.75) is 44.7 Å². The van der Waals surface area contributed by atoms with E-state index in [0.717, 1.165) is 20.6 Å². The Labute approximate surface area is 225 Å². The highest BCUT2D eigenvalue weighted by molar-refractivity contribution is 7.89. The lowest BCUT2D eigenvalue weighted by Crippen LogP contribution is -2.52. The molecule has 0 aliphatic carbocycles. The lowest BCUT2D eigenvalue weighted by Gasteiger charge is -2.32. The van der Waals surface area contributed by atoms with Crippen molar-refractivity contribution >= 4 is 32.6 Å². The van der Waals surface area contributed by atoms with Crippen molar-refractivity contribution in [1.29, 1.82) is 0 Å². The number of carbonyl (C=O) groups excluding carboxylic acids is 2. The molecule has 0 bridgehead atoms. The van der Waals surface area contributed by atoms with E-state index in [1.165, 1.54) is 11.9 Å². The first-order valence-electron chi connectivity index (χ1n) is 12.7. The number of carbonyl (C=O) groups is 2. The van der Waals surface area contributed by atoms with Gasteiger partial charge in [0.05, 0.1) is 18.6 Å². The van der Waals surface area contributed by atoms with Crippen LogP contribution in [0, 0.1) is 5.92 Å². The molecule has 8 nitrogen and oxygen atoms in total. The Morgan fingerprint density at radius 3 is 2.34 bits per heavy atom. The van der Waals surface area contributed by atoms with E-state index in [4.69, 9.17) is 4.74 Å². The van der Waals surface area contributed by atoms with E-state index in [1.54, 1.807) is 37.4 Å². The summed E-state index contributed by atoms with van der Waals surface area (Å²) in [6.07, 6.45) is 0.376. The Bertz CT molecular complexity index is 1370. The molecule has 0 fully saturated rings. The van der Waals surface area contributed by atoms with Crippen LogP contribution in [0.15, 0.2) is 71.6 Å². The van der Waals surface area contributed by atoms with Gasteiger partial charge < -0.3 is 15.0 Å². The van der Waals surface area contributed by atoms with Gasteiger partial charge in [-0.3, -0.25) is 9.59 Å². The normalized spacial score (nSPS) is 12.5. The van der Waals surface area contributed by atoms with Gasteiger partial charge in [0.15, 0.2) is 0 Å². The number of ether oxygens (including phenoxy) is 1. The lowest BCUT2D eigenvalue weighted by atomic mass is 10.1. The molecule has 0 aliphatic heterocycles. The minimum Gasteiger partial charge on any atom is -0.497 e. The first kappa shape index (κ1) is 29.1. The fourth-order valence-electron chi connectivity index (χ4n) is 4.18. The van der Waals surface area contributed by atoms with Gasteiger partial charge in [0, 0.05) is 20.1 Å². The standard InChI is InChI=1S/C29H37N3O5S/c1-6-27(29(34)30-18-21(2)3)32(19-22-10-9-13-25(16-22)37-5)28(33)20-31(4)38(35,36)26-15-14-23-11-7-8-12-24(23)17-26/h7-17,21,27H,6,18-20H2,1-5H3,(H,30,34). The molecule has 0 aromatic heterocycles. The number of likely N-dealkylation sites (N-methyl/N-ethyl adjacent to an activating group) is 1. The monoisotopic (exact) mass is 539 g/mol.